The summed E-state index contributed by atoms with van der Waals surface area (Å²) in [5.74, 6) is -2.18. The normalized spacial score (nSPS) is 12.6. The zero-order chi connectivity index (χ0) is 32.5. The number of azo groups is 2. The van der Waals surface area contributed by atoms with Crippen LogP contribution in [0.4, 0.5) is 22.7 Å². The van der Waals surface area contributed by atoms with E-state index in [1.165, 1.54) is 13.8 Å². The Balaban J connectivity index is 1.46. The van der Waals surface area contributed by atoms with Crippen molar-refractivity contribution in [1.29, 1.82) is 0 Å². The Morgan fingerprint density at radius 1 is 0.600 bits per heavy atom. The second kappa shape index (κ2) is 15.1. The lowest BCUT2D eigenvalue weighted by Crippen LogP contribution is -2.31. The van der Waals surface area contributed by atoms with E-state index in [0.717, 1.165) is 5.56 Å². The van der Waals surface area contributed by atoms with Crippen LogP contribution in [0.25, 0.3) is 11.1 Å². The average molecular weight is 644 g/mol. The van der Waals surface area contributed by atoms with Crippen LogP contribution in [-0.4, -0.2) is 35.5 Å². The highest BCUT2D eigenvalue weighted by Gasteiger charge is 2.24. The van der Waals surface area contributed by atoms with Crippen molar-refractivity contribution in [1.82, 2.24) is 0 Å². The topological polar surface area (TPSA) is 142 Å². The third-order valence-corrected chi connectivity index (χ3v) is 7.02. The summed E-state index contributed by atoms with van der Waals surface area (Å²) in [7, 11) is 0. The molecule has 2 unspecified atom stereocenters. The van der Waals surface area contributed by atoms with Gasteiger partial charge in [-0.15, -0.1) is 0 Å². The third kappa shape index (κ3) is 8.98. The van der Waals surface area contributed by atoms with Crippen molar-refractivity contribution in [3.8, 4) is 11.1 Å². The molecule has 4 rings (SSSR count). The number of para-hydroxylation sites is 1. The van der Waals surface area contributed by atoms with Crippen molar-refractivity contribution >= 4 is 69.3 Å². The van der Waals surface area contributed by atoms with E-state index in [1.54, 1.807) is 78.9 Å². The number of anilines is 2. The Bertz CT molecular complexity index is 1790. The van der Waals surface area contributed by atoms with Crippen molar-refractivity contribution < 1.29 is 19.2 Å². The van der Waals surface area contributed by atoms with Gasteiger partial charge in [-0.2, -0.15) is 20.5 Å². The van der Waals surface area contributed by atoms with E-state index in [-0.39, 0.29) is 21.4 Å². The van der Waals surface area contributed by atoms with Gasteiger partial charge in [-0.25, -0.2) is 0 Å². The molecule has 0 aromatic heterocycles. The quantitative estimate of drug-likeness (QED) is 0.125. The number of ketones is 2. The van der Waals surface area contributed by atoms with Crippen LogP contribution in [0.5, 0.6) is 0 Å². The number of carbonyl (C=O) groups excluding carboxylic acids is 4. The Hall–Kier alpha value is -5.06. The molecule has 0 fully saturated rings. The van der Waals surface area contributed by atoms with Crippen molar-refractivity contribution in [2.45, 2.75) is 32.9 Å². The summed E-state index contributed by atoms with van der Waals surface area (Å²) in [4.78, 5) is 49.6. The first kappa shape index (κ1) is 32.8. The van der Waals surface area contributed by atoms with E-state index in [9.17, 15) is 19.2 Å². The highest BCUT2D eigenvalue weighted by molar-refractivity contribution is 6.34. The molecular weight excluding hydrogens is 615 g/mol. The molecule has 0 saturated carbocycles. The van der Waals surface area contributed by atoms with Gasteiger partial charge in [0.25, 0.3) is 11.8 Å². The summed E-state index contributed by atoms with van der Waals surface area (Å²) in [6.07, 6.45) is 0. The SMILES string of the molecule is CC(=O)C(/N=N/c1ccc(-c2ccc(/N=N/C(C(C)=O)C(=O)Nc3ccc(C)cc3)c(Cl)c2)cc1Cl)C(=O)Nc1ccccc1. The number of aryl methyl sites for hydroxylation is 1. The van der Waals surface area contributed by atoms with Gasteiger partial charge in [-0.05, 0) is 80.4 Å². The average Bonchev–Trinajstić information content (AvgIpc) is 3.00. The van der Waals surface area contributed by atoms with Gasteiger partial charge in [0.1, 0.15) is 11.4 Å². The van der Waals surface area contributed by atoms with E-state index in [2.05, 4.69) is 31.1 Å². The number of benzene rings is 4. The first-order chi connectivity index (χ1) is 21.5. The molecule has 0 aliphatic rings. The second-order valence-electron chi connectivity index (χ2n) is 10.0. The van der Waals surface area contributed by atoms with Gasteiger partial charge >= 0.3 is 0 Å². The van der Waals surface area contributed by atoms with Gasteiger partial charge in [0.15, 0.2) is 11.6 Å². The van der Waals surface area contributed by atoms with Crippen LogP contribution in [0.1, 0.15) is 19.4 Å². The minimum Gasteiger partial charge on any atom is -0.324 e. The van der Waals surface area contributed by atoms with Crippen molar-refractivity contribution in [3.63, 3.8) is 0 Å². The number of nitrogens with zero attached hydrogens (tertiary/aromatic N) is 4. The second-order valence-corrected chi connectivity index (χ2v) is 10.8. The Kier molecular flexibility index (Phi) is 11.0. The molecular formula is C33H28Cl2N6O4. The van der Waals surface area contributed by atoms with Crippen LogP contribution in [0, 0.1) is 6.92 Å². The first-order valence-corrected chi connectivity index (χ1v) is 14.4. The summed E-state index contributed by atoms with van der Waals surface area (Å²) >= 11 is 12.9. The highest BCUT2D eigenvalue weighted by Crippen LogP contribution is 2.35. The maximum Gasteiger partial charge on any atom is 0.258 e. The molecule has 10 nitrogen and oxygen atoms in total. The number of halogens is 2. The molecule has 0 aliphatic heterocycles. The molecule has 0 spiro atoms. The van der Waals surface area contributed by atoms with Crippen LogP contribution in [-0.2, 0) is 19.2 Å². The molecule has 4 aromatic rings. The van der Waals surface area contributed by atoms with Gasteiger partial charge in [-0.1, -0.05) is 71.2 Å². The molecule has 228 valence electrons. The Morgan fingerprint density at radius 2 is 1.02 bits per heavy atom. The molecule has 2 atom stereocenters. The molecule has 2 N–H and O–H groups in total. The number of amides is 2. The number of hydrogen-bond acceptors (Lipinski definition) is 8. The van der Waals surface area contributed by atoms with Gasteiger partial charge in [-0.3, -0.25) is 19.2 Å². The highest BCUT2D eigenvalue weighted by atomic mass is 35.5. The van der Waals surface area contributed by atoms with E-state index in [0.29, 0.717) is 22.5 Å². The lowest BCUT2D eigenvalue weighted by Gasteiger charge is -2.10. The fraction of sp³-hybridized carbons (Fsp3) is 0.152. The molecule has 4 aromatic carbocycles. The fourth-order valence-corrected chi connectivity index (χ4v) is 4.43. The number of Topliss-reactive ketones (excluding diaryl/α,β-unsaturated/α-hetero) is 2. The van der Waals surface area contributed by atoms with Crippen LogP contribution < -0.4 is 10.6 Å². The Morgan fingerprint density at radius 3 is 1.42 bits per heavy atom. The molecule has 2 amide bonds. The van der Waals surface area contributed by atoms with Crippen LogP contribution in [0.2, 0.25) is 10.0 Å². The minimum absolute atomic E-state index is 0.228. The number of rotatable bonds is 11. The number of hydrogen-bond donors (Lipinski definition) is 2. The predicted octanol–water partition coefficient (Wildman–Crippen LogP) is 8.33. The largest absolute Gasteiger partial charge is 0.324 e. The van der Waals surface area contributed by atoms with E-state index in [1.807, 2.05) is 19.1 Å². The van der Waals surface area contributed by atoms with Crippen molar-refractivity contribution in [3.05, 3.63) is 107 Å². The van der Waals surface area contributed by atoms with Crippen LogP contribution >= 0.6 is 23.2 Å². The third-order valence-electron chi connectivity index (χ3n) is 6.42. The van der Waals surface area contributed by atoms with Crippen molar-refractivity contribution in [2.24, 2.45) is 20.5 Å². The minimum atomic E-state index is -1.35. The summed E-state index contributed by atoms with van der Waals surface area (Å²) in [6, 6.07) is 23.0. The first-order valence-electron chi connectivity index (χ1n) is 13.7. The molecule has 0 heterocycles. The lowest BCUT2D eigenvalue weighted by atomic mass is 10.0. The summed E-state index contributed by atoms with van der Waals surface area (Å²) in [5, 5.41) is 21.8. The molecule has 0 bridgehead atoms. The maximum atomic E-state index is 12.7. The maximum absolute atomic E-state index is 12.7. The summed E-state index contributed by atoms with van der Waals surface area (Å²) < 4.78 is 0. The van der Waals surface area contributed by atoms with E-state index in [4.69, 9.17) is 23.2 Å². The molecule has 0 radical (unpaired) electrons. The summed E-state index contributed by atoms with van der Waals surface area (Å²) in [6.45, 7) is 4.44. The predicted molar refractivity (Wildman–Crippen MR) is 175 cm³/mol. The molecule has 0 aliphatic carbocycles. The lowest BCUT2D eigenvalue weighted by molar-refractivity contribution is -0.127. The van der Waals surface area contributed by atoms with Crippen LogP contribution in [0.3, 0.4) is 0 Å². The molecule has 45 heavy (non-hydrogen) atoms. The fourth-order valence-electron chi connectivity index (χ4n) is 3.99. The Labute approximate surface area is 269 Å². The van der Waals surface area contributed by atoms with Gasteiger partial charge < -0.3 is 10.6 Å². The zero-order valence-corrected chi connectivity index (χ0v) is 26.0. The van der Waals surface area contributed by atoms with Gasteiger partial charge in [0.05, 0.1) is 10.0 Å². The molecule has 12 heteroatoms. The standard InChI is InChI=1S/C33H28Cl2N6O4/c1-19-9-13-25(14-10-19)37-33(45)31(21(3)43)41-39-29-16-12-23(18-27(29)35)22-11-15-28(26(34)17-22)38-40-30(20(2)42)32(44)36-24-7-5-4-6-8-24/h4-18,30-31H,1-3H3,(H,36,44)(H,37,45)/b40-38+,41-39+. The van der Waals surface area contributed by atoms with E-state index < -0.39 is 35.5 Å². The van der Waals surface area contributed by atoms with Crippen LogP contribution in [0.15, 0.2) is 111 Å². The zero-order valence-electron chi connectivity index (χ0n) is 24.5. The number of carbonyl (C=O) groups is 4. The van der Waals surface area contributed by atoms with Gasteiger partial charge in [0, 0.05) is 11.4 Å². The summed E-state index contributed by atoms with van der Waals surface area (Å²) in [5.41, 5.74) is 3.99. The van der Waals surface area contributed by atoms with E-state index >= 15 is 0 Å². The molecule has 0 saturated heterocycles. The number of nitrogens with one attached hydrogen (secondary N) is 2. The van der Waals surface area contributed by atoms with Crippen molar-refractivity contribution in [2.75, 3.05) is 10.6 Å². The monoisotopic (exact) mass is 642 g/mol. The smallest absolute Gasteiger partial charge is 0.258 e. The van der Waals surface area contributed by atoms with Gasteiger partial charge in [0.2, 0.25) is 12.1 Å².